The maximum atomic E-state index is 7.92. The SMILES string of the molecule is CC(C)(C)c1cc(N2c3cc4c(cc3B3c5ccccc5N(c5c(-c6ccccc6)cc(C(C)(C)C)cc5-c5ccccc5)c5cc(C(C)(C)C)cc2c53)B2c3ccccc3N(c3ccccc3)c3cc(-c5cccc6c5C(C)(C)c5ccccc5-6)cc(c32)O4)cc(C(C)(C)C)c1. The van der Waals surface area contributed by atoms with Crippen LogP contribution in [-0.4, -0.2) is 13.4 Å². The van der Waals surface area contributed by atoms with E-state index in [-0.39, 0.29) is 40.5 Å². The number of fused-ring (bicyclic) bond motifs is 11. The Morgan fingerprint density at radius 2 is 0.763 bits per heavy atom. The van der Waals surface area contributed by atoms with E-state index in [0.717, 1.165) is 39.8 Å². The van der Waals surface area contributed by atoms with Crippen LogP contribution in [0, 0.1) is 0 Å². The van der Waals surface area contributed by atoms with Crippen LogP contribution in [0.1, 0.15) is 130 Å². The van der Waals surface area contributed by atoms with Crippen molar-refractivity contribution >= 4 is 97.4 Å². The molecule has 4 heterocycles. The minimum atomic E-state index is -0.253. The average Bonchev–Trinajstić information content (AvgIpc) is 1.29. The molecule has 0 saturated carbocycles. The summed E-state index contributed by atoms with van der Waals surface area (Å²) in [6.45, 7) is 32.8. The third-order valence-electron chi connectivity index (χ3n) is 21.8. The molecule has 17 rings (SSSR count). The van der Waals surface area contributed by atoms with Crippen LogP contribution >= 0.6 is 0 Å². The van der Waals surface area contributed by atoms with Crippen molar-refractivity contribution in [3.8, 4) is 56.0 Å². The predicted molar refractivity (Wildman–Crippen MR) is 415 cm³/mol. The number of benzene rings is 12. The van der Waals surface area contributed by atoms with Gasteiger partial charge in [0.05, 0.1) is 5.69 Å². The third-order valence-corrected chi connectivity index (χ3v) is 21.8. The van der Waals surface area contributed by atoms with Crippen molar-refractivity contribution in [3.63, 3.8) is 0 Å². The lowest BCUT2D eigenvalue weighted by molar-refractivity contribution is 0.488. The molecule has 4 aliphatic heterocycles. The van der Waals surface area contributed by atoms with Gasteiger partial charge in [-0.25, -0.2) is 0 Å². The second kappa shape index (κ2) is 21.5. The van der Waals surface area contributed by atoms with E-state index in [1.54, 1.807) is 0 Å². The van der Waals surface area contributed by atoms with Crippen LogP contribution < -0.4 is 52.2 Å². The molecular weight excluding hydrogens is 1170 g/mol. The Labute approximate surface area is 575 Å². The van der Waals surface area contributed by atoms with Crippen LogP contribution in [-0.2, 0) is 27.1 Å². The summed E-state index contributed by atoms with van der Waals surface area (Å²) in [5.41, 5.74) is 34.5. The van der Waals surface area contributed by atoms with Gasteiger partial charge in [0, 0.05) is 68.1 Å². The molecule has 0 aromatic heterocycles. The molecule has 0 saturated heterocycles. The standard InChI is InChI=1S/C91H83B2N3O/c1-87(2,3)59-47-60(88(4,5)6)49-64(48-59)95-77-55-81-74(93-71-41-26-28-43-75(71)94(63-35-22-17-23-36-63)78-45-58(46-82(97-81)85(78)93)65-38-30-39-67-66-37-24-25-40-70(66)91(13,14)83(65)67)54-73(77)92-72-42-27-29-44-76(72)96(80-53-62(90(10,11)12)52-79(95)84(80)92)86-68(56-31-18-15-19-32-56)50-61(89(7,8)9)51-69(86)57-33-20-16-21-34-57/h15-55H,1-14H3. The average molecular weight is 1260 g/mol. The molecule has 5 aliphatic rings. The van der Waals surface area contributed by atoms with E-state index in [4.69, 9.17) is 4.74 Å². The predicted octanol–water partition coefficient (Wildman–Crippen LogP) is 20.7. The molecule has 0 bridgehead atoms. The monoisotopic (exact) mass is 1260 g/mol. The molecular formula is C91H83B2N3O. The van der Waals surface area contributed by atoms with Crippen molar-refractivity contribution in [1.29, 1.82) is 0 Å². The van der Waals surface area contributed by atoms with Crippen molar-refractivity contribution in [2.24, 2.45) is 0 Å². The minimum absolute atomic E-state index is 0.142. The Kier molecular flexibility index (Phi) is 13.4. The minimum Gasteiger partial charge on any atom is -0.458 e. The molecule has 97 heavy (non-hydrogen) atoms. The van der Waals surface area contributed by atoms with Gasteiger partial charge in [-0.05, 0) is 194 Å². The topological polar surface area (TPSA) is 19.0 Å². The fraction of sp³-hybridized carbons (Fsp3) is 0.209. The lowest BCUT2D eigenvalue weighted by atomic mass is 9.30. The molecule has 4 nitrogen and oxygen atoms in total. The van der Waals surface area contributed by atoms with Crippen molar-refractivity contribution < 1.29 is 4.74 Å². The highest BCUT2D eigenvalue weighted by Gasteiger charge is 2.49. The normalized spacial score (nSPS) is 14.6. The van der Waals surface area contributed by atoms with E-state index in [1.165, 1.54) is 134 Å². The maximum absolute atomic E-state index is 7.92. The lowest BCUT2D eigenvalue weighted by Gasteiger charge is -2.47. The number of ether oxygens (including phenoxy) is 1. The summed E-state index contributed by atoms with van der Waals surface area (Å²) in [5, 5.41) is 0. The van der Waals surface area contributed by atoms with Gasteiger partial charge in [0.1, 0.15) is 11.5 Å². The molecule has 474 valence electrons. The summed E-state index contributed by atoms with van der Waals surface area (Å²) in [7, 11) is 0. The zero-order valence-electron chi connectivity index (χ0n) is 58.6. The Morgan fingerprint density at radius 3 is 1.36 bits per heavy atom. The van der Waals surface area contributed by atoms with Gasteiger partial charge < -0.3 is 19.4 Å². The first-order valence-electron chi connectivity index (χ1n) is 35.0. The molecule has 6 heteroatoms. The molecule has 0 fully saturated rings. The maximum Gasteiger partial charge on any atom is 0.256 e. The molecule has 0 unspecified atom stereocenters. The molecule has 0 N–H and O–H groups in total. The van der Waals surface area contributed by atoms with Gasteiger partial charge in [-0.2, -0.15) is 0 Å². The van der Waals surface area contributed by atoms with E-state index in [0.29, 0.717) is 0 Å². The summed E-state index contributed by atoms with van der Waals surface area (Å²) in [6, 6.07) is 95.2. The van der Waals surface area contributed by atoms with Crippen molar-refractivity contribution in [2.45, 2.75) is 124 Å². The Morgan fingerprint density at radius 1 is 0.299 bits per heavy atom. The first kappa shape index (κ1) is 60.6. The number of anilines is 9. The molecule has 12 aromatic rings. The summed E-state index contributed by atoms with van der Waals surface area (Å²) in [5.74, 6) is 1.76. The zero-order valence-corrected chi connectivity index (χ0v) is 58.6. The van der Waals surface area contributed by atoms with E-state index in [1.807, 2.05) is 0 Å². The lowest BCUT2D eigenvalue weighted by Crippen LogP contribution is -2.64. The van der Waals surface area contributed by atoms with Gasteiger partial charge in [0.25, 0.3) is 13.4 Å². The molecule has 0 radical (unpaired) electrons. The zero-order chi connectivity index (χ0) is 67.0. The largest absolute Gasteiger partial charge is 0.458 e. The Balaban J connectivity index is 0.982. The Bertz CT molecular complexity index is 5140. The molecule has 1 aliphatic carbocycles. The van der Waals surface area contributed by atoms with Crippen LogP contribution in [0.25, 0.3) is 44.5 Å². The molecule has 12 aromatic carbocycles. The van der Waals surface area contributed by atoms with Crippen LogP contribution in [0.2, 0.25) is 0 Å². The fourth-order valence-electron chi connectivity index (χ4n) is 16.8. The number of hydrogen-bond donors (Lipinski definition) is 0. The number of nitrogens with zero attached hydrogens (tertiary/aromatic N) is 3. The third kappa shape index (κ3) is 9.47. The fourth-order valence-corrected chi connectivity index (χ4v) is 16.8. The van der Waals surface area contributed by atoms with Crippen molar-refractivity contribution in [2.75, 3.05) is 14.7 Å². The number of hydrogen-bond acceptors (Lipinski definition) is 4. The van der Waals surface area contributed by atoms with Crippen molar-refractivity contribution in [1.82, 2.24) is 0 Å². The molecule has 0 amide bonds. The summed E-state index contributed by atoms with van der Waals surface area (Å²) < 4.78 is 7.92. The summed E-state index contributed by atoms with van der Waals surface area (Å²) in [4.78, 5) is 7.85. The van der Waals surface area contributed by atoms with Crippen LogP contribution in [0.3, 0.4) is 0 Å². The van der Waals surface area contributed by atoms with Crippen molar-refractivity contribution in [3.05, 3.63) is 282 Å². The van der Waals surface area contributed by atoms with E-state index >= 15 is 0 Å². The van der Waals surface area contributed by atoms with Gasteiger partial charge >= 0.3 is 0 Å². The summed E-state index contributed by atoms with van der Waals surface area (Å²) >= 11 is 0. The number of para-hydroxylation sites is 3. The highest BCUT2D eigenvalue weighted by Crippen LogP contribution is 2.56. The highest BCUT2D eigenvalue weighted by atomic mass is 16.5. The van der Waals surface area contributed by atoms with E-state index in [2.05, 4.69) is 360 Å². The first-order chi connectivity index (χ1) is 46.4. The number of rotatable bonds is 6. The van der Waals surface area contributed by atoms with Gasteiger partial charge in [0.2, 0.25) is 0 Å². The summed E-state index contributed by atoms with van der Waals surface area (Å²) in [6.07, 6.45) is 0. The van der Waals surface area contributed by atoms with Gasteiger partial charge in [0.15, 0.2) is 0 Å². The molecule has 0 atom stereocenters. The van der Waals surface area contributed by atoms with Crippen LogP contribution in [0.4, 0.5) is 51.2 Å². The van der Waals surface area contributed by atoms with E-state index in [9.17, 15) is 0 Å². The van der Waals surface area contributed by atoms with Gasteiger partial charge in [-0.3, -0.25) is 0 Å². The van der Waals surface area contributed by atoms with Gasteiger partial charge in [-0.15, -0.1) is 0 Å². The quantitative estimate of drug-likeness (QED) is 0.154. The molecule has 0 spiro atoms. The van der Waals surface area contributed by atoms with Crippen LogP contribution in [0.15, 0.2) is 249 Å². The Hall–Kier alpha value is -10.0. The first-order valence-corrected chi connectivity index (χ1v) is 35.0. The second-order valence-electron chi connectivity index (χ2n) is 32.5. The second-order valence-corrected chi connectivity index (χ2v) is 32.5. The smallest absolute Gasteiger partial charge is 0.256 e. The highest BCUT2D eigenvalue weighted by molar-refractivity contribution is 7.02. The van der Waals surface area contributed by atoms with E-state index < -0.39 is 0 Å². The van der Waals surface area contributed by atoms with Crippen LogP contribution in [0.5, 0.6) is 11.5 Å². The van der Waals surface area contributed by atoms with Gasteiger partial charge in [-0.1, -0.05) is 267 Å².